The lowest BCUT2D eigenvalue weighted by atomic mass is 9.50. The van der Waals surface area contributed by atoms with E-state index in [0.717, 1.165) is 161 Å². The van der Waals surface area contributed by atoms with Crippen LogP contribution in [-0.4, -0.2) is 95.6 Å². The number of unbranched alkanes of at least 4 members (excludes halogenated alkanes) is 4. The molecule has 0 amide bonds. The Labute approximate surface area is 796 Å². The van der Waals surface area contributed by atoms with E-state index in [1.165, 1.54) is 255 Å². The van der Waals surface area contributed by atoms with Crippen LogP contribution in [0.5, 0.6) is 0 Å². The van der Waals surface area contributed by atoms with Gasteiger partial charge in [0.15, 0.2) is 0 Å². The molecule has 6 unspecified atom stereocenters. The molecule has 26 aliphatic rings. The summed E-state index contributed by atoms with van der Waals surface area (Å²) in [7, 11) is 0. The molecular formula is C116H176O16. The minimum absolute atomic E-state index is 0.0884. The summed E-state index contributed by atoms with van der Waals surface area (Å²) < 4.78 is 44.7. The zero-order valence-electron chi connectivity index (χ0n) is 84.5. The Hall–Kier alpha value is -6.32. The van der Waals surface area contributed by atoms with E-state index in [9.17, 15) is 38.4 Å². The smallest absolute Gasteiger partial charge is 0.333 e. The number of hydrogen-bond donors (Lipinski definition) is 0. The molecule has 26 aliphatic carbocycles. The van der Waals surface area contributed by atoms with E-state index in [1.807, 2.05) is 0 Å². The molecule has 26 fully saturated rings. The molecule has 24 bridgehead atoms. The van der Waals surface area contributed by atoms with Gasteiger partial charge in [-0.25, -0.2) is 38.4 Å². The Balaban J connectivity index is 0.000000128. The minimum Gasteiger partial charge on any atom is -0.462 e. The molecule has 0 saturated heterocycles. The highest BCUT2D eigenvalue weighted by Crippen LogP contribution is 2.69. The number of carbonyl (C=O) groups is 8. The van der Waals surface area contributed by atoms with E-state index in [-0.39, 0.29) is 93.2 Å². The van der Waals surface area contributed by atoms with Crippen LogP contribution in [-0.2, 0) is 76.3 Å². The van der Waals surface area contributed by atoms with Gasteiger partial charge in [0.05, 0.1) is 13.2 Å². The normalized spacial score (nSPS) is 40.5. The quantitative estimate of drug-likeness (QED) is 0.0341. The Morgan fingerprint density at radius 1 is 0.288 bits per heavy atom. The molecule has 0 heterocycles. The SMILES string of the molecule is C=C(C)C(=O)OC12CC3CC(CC(C3)C1)C2.C=C(C)C(=O)OC12CCC(CCCCC)(CC1)CC2.C=C(C)C(=O)OC1CC2CCC1(C)C2(C)C.C=C(C)C(=O)OCC12CC3CC(CC(C3)C1)C2.C=CC(=O)OC12CC3CC(CC(C3)C1)C2.C=CC(=O)OC12CCC(CCCCC)(CC1)CC2.C=CC(=O)OC1CC2CCC1(C)C2(C)C.C=CC(=O)OCC12CC3CC(CC(C3)C1)C2. The summed E-state index contributed by atoms with van der Waals surface area (Å²) in [4.78, 5) is 91.8. The molecule has 0 aromatic carbocycles. The largest absolute Gasteiger partial charge is 0.462 e. The molecule has 0 spiro atoms. The summed E-state index contributed by atoms with van der Waals surface area (Å²) in [5, 5.41) is 0. The van der Waals surface area contributed by atoms with Gasteiger partial charge in [-0.1, -0.05) is 147 Å². The maximum atomic E-state index is 11.8. The van der Waals surface area contributed by atoms with Gasteiger partial charge in [0.25, 0.3) is 0 Å². The van der Waals surface area contributed by atoms with Crippen LogP contribution < -0.4 is 0 Å². The van der Waals surface area contributed by atoms with Gasteiger partial charge in [0.1, 0.15) is 34.6 Å². The molecule has 0 radical (unpaired) electrons. The van der Waals surface area contributed by atoms with E-state index in [1.54, 1.807) is 27.7 Å². The standard InChI is InChI=1S/C17H28O2.C16H26O2.C15H22O2.2C14H20O2.C14H22O2.C13H18O2.C13H20O2/c1-4-5-6-7-16-8-11-17(12-9-16,13-10-16)19-15(18)14(2)3;1-3-5-6-7-15-8-11-16(12-9-15,13-10-15)18-14(17)4-2;1-10(2)14(16)17-9-15-6-11-3-12(7-15)5-13(4-11)8-15;1-9(2)13(15)16-14-6-10-3-11(7-14)5-12(4-10)8-14;1-2-13(15)16-9-14-6-10-3-11(7-14)5-12(4-10)8-14;1-9(2)12(15)16-11-8-10-6-7-14(11,5)13(10,3)4;1-2-12(14)15-13-6-9-3-10(7-13)5-11(4-9)8-13;1-5-11(14)15-10-8-9-6-7-13(10,4)12(9,2)3/h2,4-13H2,1,3H3;4H,2-3,5-13H2,1H3;11-13H,1,3-9H2,2H3;10-12H,1,3-8H2,2H3;2,10-12H,1,3-9H2;10-11H,1,6-8H2,2-5H3;2,9-11H,1,3-8H2;5,9-10H,1,6-8H2,2-4H3. The second kappa shape index (κ2) is 41.8. The Morgan fingerprint density at radius 2 is 0.561 bits per heavy atom. The molecule has 26 saturated carbocycles. The lowest BCUT2D eigenvalue weighted by molar-refractivity contribution is -0.182. The van der Waals surface area contributed by atoms with Crippen molar-refractivity contribution in [2.24, 2.45) is 126 Å². The molecule has 16 heteroatoms. The number of esters is 8. The fourth-order valence-corrected chi connectivity index (χ4v) is 33.0. The fourth-order valence-electron chi connectivity index (χ4n) is 33.0. The van der Waals surface area contributed by atoms with Gasteiger partial charge < -0.3 is 37.9 Å². The van der Waals surface area contributed by atoms with Crippen LogP contribution in [0.4, 0.5) is 0 Å². The lowest BCUT2D eigenvalue weighted by Gasteiger charge is -2.56. The first kappa shape index (κ1) is 103. The molecule has 132 heavy (non-hydrogen) atoms. The molecule has 0 N–H and O–H groups in total. The zero-order valence-corrected chi connectivity index (χ0v) is 84.5. The van der Waals surface area contributed by atoms with Crippen molar-refractivity contribution in [1.29, 1.82) is 0 Å². The highest BCUT2D eigenvalue weighted by molar-refractivity contribution is 5.89. The van der Waals surface area contributed by atoms with Gasteiger partial charge in [-0.15, -0.1) is 0 Å². The van der Waals surface area contributed by atoms with Crippen LogP contribution in [0.3, 0.4) is 0 Å². The Morgan fingerprint density at radius 3 is 0.841 bits per heavy atom. The Kier molecular flexibility index (Phi) is 32.6. The van der Waals surface area contributed by atoms with Gasteiger partial charge in [0, 0.05) is 68.3 Å². The van der Waals surface area contributed by atoms with E-state index >= 15 is 0 Å². The van der Waals surface area contributed by atoms with Gasteiger partial charge in [-0.2, -0.15) is 0 Å². The predicted molar refractivity (Wildman–Crippen MR) is 522 cm³/mol. The van der Waals surface area contributed by atoms with Crippen LogP contribution in [0.25, 0.3) is 0 Å². The summed E-state index contributed by atoms with van der Waals surface area (Å²) in [5.74, 6) is 10.1. The first-order valence-electron chi connectivity index (χ1n) is 53.2. The average molecular weight is 1830 g/mol. The number of hydrogen-bond acceptors (Lipinski definition) is 16. The first-order valence-corrected chi connectivity index (χ1v) is 53.2. The van der Waals surface area contributed by atoms with Crippen LogP contribution in [0.15, 0.2) is 99.2 Å². The third-order valence-electron chi connectivity index (χ3n) is 39.9. The number of ether oxygens (including phenoxy) is 8. The summed E-state index contributed by atoms with van der Waals surface area (Å²) >= 11 is 0. The summed E-state index contributed by atoms with van der Waals surface area (Å²) in [6.45, 7) is 55.1. The highest BCUT2D eigenvalue weighted by Gasteiger charge is 2.65. The van der Waals surface area contributed by atoms with Gasteiger partial charge in [-0.3, -0.25) is 0 Å². The Bertz CT molecular complexity index is 4040. The molecule has 0 aliphatic heterocycles. The summed E-state index contributed by atoms with van der Waals surface area (Å²) in [6, 6.07) is 0. The van der Waals surface area contributed by atoms with Crippen molar-refractivity contribution in [2.45, 2.75) is 439 Å². The lowest BCUT2D eigenvalue weighted by Crippen LogP contribution is -2.52. The molecule has 6 atom stereocenters. The highest BCUT2D eigenvalue weighted by atomic mass is 16.6. The van der Waals surface area contributed by atoms with E-state index in [0.29, 0.717) is 79.8 Å². The average Bonchev–Trinajstić information content (AvgIpc) is 1.55. The summed E-state index contributed by atoms with van der Waals surface area (Å²) in [5.41, 5.74) is 4.35. The van der Waals surface area contributed by atoms with E-state index in [2.05, 4.69) is 108 Å². The van der Waals surface area contributed by atoms with Crippen molar-refractivity contribution in [1.82, 2.24) is 0 Å². The van der Waals surface area contributed by atoms with Crippen molar-refractivity contribution in [3.63, 3.8) is 0 Å². The zero-order chi connectivity index (χ0) is 95.4. The van der Waals surface area contributed by atoms with Crippen molar-refractivity contribution in [3.05, 3.63) is 99.2 Å². The molecule has 0 aromatic heterocycles. The molecule has 0 aromatic rings. The van der Waals surface area contributed by atoms with Gasteiger partial charge in [-0.05, 0) is 415 Å². The topological polar surface area (TPSA) is 210 Å². The van der Waals surface area contributed by atoms with E-state index in [4.69, 9.17) is 37.9 Å². The number of carbonyl (C=O) groups excluding carboxylic acids is 8. The predicted octanol–water partition coefficient (Wildman–Crippen LogP) is 27.4. The summed E-state index contributed by atoms with van der Waals surface area (Å²) in [6.07, 6.45) is 68.4. The van der Waals surface area contributed by atoms with Crippen molar-refractivity contribution in [2.75, 3.05) is 13.2 Å². The monoisotopic (exact) mass is 1830 g/mol. The van der Waals surface area contributed by atoms with E-state index < -0.39 is 0 Å². The van der Waals surface area contributed by atoms with Crippen molar-refractivity contribution < 1.29 is 76.3 Å². The molecule has 26 rings (SSSR count). The molecule has 16 nitrogen and oxygen atoms in total. The molecular weight excluding hydrogens is 1650 g/mol. The van der Waals surface area contributed by atoms with Crippen LogP contribution >= 0.6 is 0 Å². The fraction of sp³-hybridized carbons (Fsp3) is 0.793. The van der Waals surface area contributed by atoms with Crippen LogP contribution in [0, 0.1) is 126 Å². The number of rotatable bonds is 26. The van der Waals surface area contributed by atoms with Crippen molar-refractivity contribution in [3.8, 4) is 0 Å². The number of fused-ring (bicyclic) bond motifs is 10. The van der Waals surface area contributed by atoms with Crippen LogP contribution in [0.2, 0.25) is 0 Å². The maximum Gasteiger partial charge on any atom is 0.333 e. The third kappa shape index (κ3) is 23.5. The van der Waals surface area contributed by atoms with Gasteiger partial charge in [0.2, 0.25) is 0 Å². The third-order valence-corrected chi connectivity index (χ3v) is 39.9. The van der Waals surface area contributed by atoms with Crippen molar-refractivity contribution >= 4 is 47.8 Å². The first-order chi connectivity index (χ1) is 62.4. The second-order valence-corrected chi connectivity index (χ2v) is 50.1. The minimum atomic E-state index is -0.274. The molecule has 736 valence electrons. The van der Waals surface area contributed by atoms with Crippen LogP contribution in [0.1, 0.15) is 404 Å². The van der Waals surface area contributed by atoms with Gasteiger partial charge >= 0.3 is 47.8 Å². The second-order valence-electron chi connectivity index (χ2n) is 50.1. The maximum absolute atomic E-state index is 11.8.